The minimum Gasteiger partial charge on any atom is -0.383 e. The fourth-order valence-electron chi connectivity index (χ4n) is 3.37. The first-order valence-electron chi connectivity index (χ1n) is 9.20. The molecule has 6 nitrogen and oxygen atoms in total. The van der Waals surface area contributed by atoms with E-state index in [9.17, 15) is 9.59 Å². The first kappa shape index (κ1) is 20.9. The highest BCUT2D eigenvalue weighted by molar-refractivity contribution is 6.42. The summed E-state index contributed by atoms with van der Waals surface area (Å²) in [6, 6.07) is 7.28. The second-order valence-electron chi connectivity index (χ2n) is 6.77. The van der Waals surface area contributed by atoms with E-state index in [1.165, 1.54) is 0 Å². The van der Waals surface area contributed by atoms with Crippen molar-refractivity contribution in [3.8, 4) is 0 Å². The molecule has 1 atom stereocenters. The van der Waals surface area contributed by atoms with Crippen LogP contribution in [0.1, 0.15) is 46.1 Å². The Morgan fingerprint density at radius 1 is 1.29 bits per heavy atom. The van der Waals surface area contributed by atoms with Crippen molar-refractivity contribution in [1.29, 1.82) is 0 Å². The average molecular weight is 424 g/mol. The normalized spacial score (nSPS) is 15.9. The predicted molar refractivity (Wildman–Crippen MR) is 110 cm³/mol. The van der Waals surface area contributed by atoms with E-state index in [-0.39, 0.29) is 17.2 Å². The van der Waals surface area contributed by atoms with Gasteiger partial charge in [-0.3, -0.25) is 9.59 Å². The van der Waals surface area contributed by atoms with Crippen LogP contribution in [0.2, 0.25) is 10.0 Å². The number of benzene rings is 1. The molecule has 1 aromatic carbocycles. The molecule has 8 heteroatoms. The third kappa shape index (κ3) is 4.94. The average Bonchev–Trinajstić information content (AvgIpc) is 2.68. The second-order valence-corrected chi connectivity index (χ2v) is 7.58. The number of hydrogen-bond acceptors (Lipinski definition) is 4. The Morgan fingerprint density at radius 3 is 2.86 bits per heavy atom. The van der Waals surface area contributed by atoms with Crippen LogP contribution in [0.5, 0.6) is 0 Å². The Morgan fingerprint density at radius 2 is 2.11 bits per heavy atom. The highest BCUT2D eigenvalue weighted by atomic mass is 35.5. The number of aromatic nitrogens is 1. The van der Waals surface area contributed by atoms with Crippen LogP contribution in [0.4, 0.5) is 0 Å². The third-order valence-electron chi connectivity index (χ3n) is 4.83. The molecule has 0 fully saturated rings. The van der Waals surface area contributed by atoms with Gasteiger partial charge in [0.25, 0.3) is 11.5 Å². The van der Waals surface area contributed by atoms with Gasteiger partial charge in [-0.25, -0.2) is 0 Å². The van der Waals surface area contributed by atoms with Crippen molar-refractivity contribution in [2.45, 2.75) is 31.8 Å². The fraction of sp³-hybridized carbons (Fsp3) is 0.400. The molecule has 1 unspecified atom stereocenters. The van der Waals surface area contributed by atoms with E-state index in [0.29, 0.717) is 29.7 Å². The van der Waals surface area contributed by atoms with Gasteiger partial charge in [-0.2, -0.15) is 0 Å². The molecule has 1 aliphatic carbocycles. The first-order valence-corrected chi connectivity index (χ1v) is 9.95. The first-order chi connectivity index (χ1) is 13.5. The molecule has 0 bridgehead atoms. The number of aryl methyl sites for hydroxylation is 1. The van der Waals surface area contributed by atoms with E-state index in [1.54, 1.807) is 19.2 Å². The smallest absolute Gasteiger partial charge is 0.261 e. The lowest BCUT2D eigenvalue weighted by atomic mass is 9.90. The van der Waals surface area contributed by atoms with Crippen molar-refractivity contribution in [3.05, 3.63) is 67.0 Å². The zero-order valence-corrected chi connectivity index (χ0v) is 17.1. The van der Waals surface area contributed by atoms with Gasteiger partial charge in [0, 0.05) is 31.9 Å². The van der Waals surface area contributed by atoms with Crippen molar-refractivity contribution < 1.29 is 9.53 Å². The zero-order chi connectivity index (χ0) is 20.1. The van der Waals surface area contributed by atoms with Gasteiger partial charge in [0.2, 0.25) is 0 Å². The molecule has 0 aliphatic heterocycles. The number of pyridine rings is 1. The molecule has 1 heterocycles. The number of carbonyl (C=O) groups is 1. The molecule has 2 aromatic rings. The largest absolute Gasteiger partial charge is 0.383 e. The Balaban J connectivity index is 1.77. The summed E-state index contributed by atoms with van der Waals surface area (Å²) in [4.78, 5) is 27.6. The van der Waals surface area contributed by atoms with Crippen LogP contribution >= 0.6 is 23.2 Å². The molecular formula is C20H23Cl2N3O3. The summed E-state index contributed by atoms with van der Waals surface area (Å²) >= 11 is 12.1. The van der Waals surface area contributed by atoms with Gasteiger partial charge in [0.05, 0.1) is 16.7 Å². The van der Waals surface area contributed by atoms with Crippen LogP contribution in [0, 0.1) is 0 Å². The number of H-pyrrole nitrogens is 1. The summed E-state index contributed by atoms with van der Waals surface area (Å²) in [7, 11) is 1.56. The van der Waals surface area contributed by atoms with E-state index in [4.69, 9.17) is 27.9 Å². The van der Waals surface area contributed by atoms with E-state index in [1.807, 2.05) is 12.1 Å². The van der Waals surface area contributed by atoms with Gasteiger partial charge in [-0.1, -0.05) is 29.3 Å². The van der Waals surface area contributed by atoms with Gasteiger partial charge in [-0.05, 0) is 48.6 Å². The third-order valence-corrected chi connectivity index (χ3v) is 5.56. The monoisotopic (exact) mass is 423 g/mol. The molecule has 3 rings (SSSR count). The van der Waals surface area contributed by atoms with Crippen molar-refractivity contribution in [2.24, 2.45) is 0 Å². The number of nitrogens with one attached hydrogen (secondary N) is 3. The maximum Gasteiger partial charge on any atom is 0.261 e. The molecule has 28 heavy (non-hydrogen) atoms. The molecule has 0 saturated carbocycles. The Bertz CT molecular complexity index is 914. The molecule has 1 aromatic heterocycles. The molecule has 1 amide bonds. The van der Waals surface area contributed by atoms with Crippen molar-refractivity contribution in [1.82, 2.24) is 15.6 Å². The lowest BCUT2D eigenvalue weighted by molar-refractivity contribution is 0.0935. The molecule has 0 radical (unpaired) electrons. The minimum absolute atomic E-state index is 0.0422. The maximum atomic E-state index is 12.3. The topological polar surface area (TPSA) is 83.2 Å². The molecule has 3 N–H and O–H groups in total. The number of amides is 1. The molecule has 1 aliphatic rings. The van der Waals surface area contributed by atoms with Crippen LogP contribution in [0.3, 0.4) is 0 Å². The second kappa shape index (κ2) is 9.56. The Labute approximate surface area is 173 Å². The number of fused-ring (bicyclic) bond motifs is 1. The van der Waals surface area contributed by atoms with E-state index in [0.717, 1.165) is 36.1 Å². The molecular weight excluding hydrogens is 401 g/mol. The Kier molecular flexibility index (Phi) is 7.13. The number of methoxy groups -OCH3 is 1. The highest BCUT2D eigenvalue weighted by Crippen LogP contribution is 2.29. The summed E-state index contributed by atoms with van der Waals surface area (Å²) in [5, 5.41) is 7.24. The van der Waals surface area contributed by atoms with Crippen LogP contribution in [-0.4, -0.2) is 31.2 Å². The van der Waals surface area contributed by atoms with Crippen molar-refractivity contribution >= 4 is 29.1 Å². The van der Waals surface area contributed by atoms with Crippen LogP contribution in [0.25, 0.3) is 0 Å². The molecule has 0 spiro atoms. The summed E-state index contributed by atoms with van der Waals surface area (Å²) in [6.07, 6.45) is 2.67. The summed E-state index contributed by atoms with van der Waals surface area (Å²) in [6.45, 7) is 1.35. The van der Waals surface area contributed by atoms with Gasteiger partial charge >= 0.3 is 0 Å². The fourth-order valence-corrected chi connectivity index (χ4v) is 3.69. The maximum absolute atomic E-state index is 12.3. The van der Waals surface area contributed by atoms with Crippen LogP contribution in [0.15, 0.2) is 29.1 Å². The highest BCUT2D eigenvalue weighted by Gasteiger charge is 2.23. The standard InChI is InChI=1S/C20H23Cl2N3O3/c1-28-8-7-23-19(26)14-10-13-17(3-2-4-18(13)25-20(14)27)24-11-12-5-6-15(21)16(22)9-12/h5-6,9-10,17,24H,2-4,7-8,11H2,1H3,(H,23,26)(H,25,27). The van der Waals surface area contributed by atoms with Gasteiger partial charge in [-0.15, -0.1) is 0 Å². The number of carbonyl (C=O) groups excluding carboxylic acids is 1. The summed E-state index contributed by atoms with van der Waals surface area (Å²) in [5.41, 5.74) is 2.62. The number of aromatic amines is 1. The molecule has 0 saturated heterocycles. The lowest BCUT2D eigenvalue weighted by Gasteiger charge is -2.26. The van der Waals surface area contributed by atoms with E-state index < -0.39 is 5.91 Å². The lowest BCUT2D eigenvalue weighted by Crippen LogP contribution is -2.34. The van der Waals surface area contributed by atoms with Crippen molar-refractivity contribution in [3.63, 3.8) is 0 Å². The van der Waals surface area contributed by atoms with Crippen LogP contribution < -0.4 is 16.2 Å². The SMILES string of the molecule is COCCNC(=O)c1cc2c([nH]c1=O)CCCC2NCc1ccc(Cl)c(Cl)c1. The number of rotatable bonds is 7. The Hall–Kier alpha value is -1.86. The van der Waals surface area contributed by atoms with Gasteiger partial charge in [0.15, 0.2) is 0 Å². The molecule has 150 valence electrons. The zero-order valence-electron chi connectivity index (χ0n) is 15.6. The summed E-state index contributed by atoms with van der Waals surface area (Å²) < 4.78 is 4.93. The van der Waals surface area contributed by atoms with Gasteiger partial charge < -0.3 is 20.4 Å². The van der Waals surface area contributed by atoms with Crippen molar-refractivity contribution in [2.75, 3.05) is 20.3 Å². The summed E-state index contributed by atoms with van der Waals surface area (Å²) in [5.74, 6) is -0.394. The van der Waals surface area contributed by atoms with Crippen LogP contribution in [-0.2, 0) is 17.7 Å². The van der Waals surface area contributed by atoms with Gasteiger partial charge in [0.1, 0.15) is 5.56 Å². The van der Waals surface area contributed by atoms with E-state index >= 15 is 0 Å². The number of hydrogen-bond donors (Lipinski definition) is 3. The number of halogens is 2. The minimum atomic E-state index is -0.394. The predicted octanol–water partition coefficient (Wildman–Crippen LogP) is 3.23. The van der Waals surface area contributed by atoms with E-state index in [2.05, 4.69) is 15.6 Å². The quantitative estimate of drug-likeness (QED) is 0.596. The number of ether oxygens (including phenoxy) is 1.